The van der Waals surface area contributed by atoms with Gasteiger partial charge in [0.15, 0.2) is 9.84 Å². The number of hydrogen-bond donors (Lipinski definition) is 4. The summed E-state index contributed by atoms with van der Waals surface area (Å²) in [4.78, 5) is 0. The van der Waals surface area contributed by atoms with E-state index in [0.29, 0.717) is 0 Å². The van der Waals surface area contributed by atoms with Crippen LogP contribution in [0.15, 0.2) is 0 Å². The lowest BCUT2D eigenvalue weighted by molar-refractivity contribution is -0.205. The second-order valence-corrected chi connectivity index (χ2v) is 7.50. The van der Waals surface area contributed by atoms with Gasteiger partial charge < -0.3 is 25.2 Å². The highest BCUT2D eigenvalue weighted by Gasteiger charge is 2.43. The Labute approximate surface area is 103 Å². The van der Waals surface area contributed by atoms with Gasteiger partial charge in [0.2, 0.25) is 0 Å². The van der Waals surface area contributed by atoms with E-state index in [1.807, 2.05) is 0 Å². The molecule has 7 nitrogen and oxygen atoms in total. The fourth-order valence-electron chi connectivity index (χ4n) is 1.40. The fourth-order valence-corrected chi connectivity index (χ4v) is 3.50. The van der Waals surface area contributed by atoms with Gasteiger partial charge in [0, 0.05) is 6.26 Å². The summed E-state index contributed by atoms with van der Waals surface area (Å²) < 4.78 is 27.0. The van der Waals surface area contributed by atoms with Crippen molar-refractivity contribution in [3.63, 3.8) is 0 Å². The Bertz CT molecular complexity index is 342. The van der Waals surface area contributed by atoms with Crippen LogP contribution in [0.1, 0.15) is 0 Å². The molecule has 0 saturated carbocycles. The number of ether oxygens (including phenoxy) is 1. The van der Waals surface area contributed by atoms with Crippen LogP contribution in [0.2, 0.25) is 0 Å². The number of sulfone groups is 1. The largest absolute Gasteiger partial charge is 0.394 e. The minimum Gasteiger partial charge on any atom is -0.394 e. The van der Waals surface area contributed by atoms with E-state index in [9.17, 15) is 23.7 Å². The Balaban J connectivity index is 2.66. The van der Waals surface area contributed by atoms with Gasteiger partial charge in [0.05, 0.1) is 11.7 Å². The Morgan fingerprint density at radius 3 is 2.24 bits per heavy atom. The first-order chi connectivity index (χ1) is 7.76. The van der Waals surface area contributed by atoms with Crippen LogP contribution in [0, 0.1) is 0 Å². The Kier molecular flexibility index (Phi) is 5.20. The zero-order chi connectivity index (χ0) is 13.2. The molecule has 0 spiro atoms. The molecule has 0 amide bonds. The van der Waals surface area contributed by atoms with Crippen molar-refractivity contribution in [1.29, 1.82) is 0 Å². The van der Waals surface area contributed by atoms with Crippen LogP contribution in [0.3, 0.4) is 0 Å². The van der Waals surface area contributed by atoms with Crippen molar-refractivity contribution >= 4 is 21.6 Å². The average Bonchev–Trinajstić information content (AvgIpc) is 2.24. The maximum absolute atomic E-state index is 11.0. The van der Waals surface area contributed by atoms with Crippen molar-refractivity contribution in [3.8, 4) is 0 Å². The van der Waals surface area contributed by atoms with Crippen LogP contribution in [0.4, 0.5) is 0 Å². The van der Waals surface area contributed by atoms with Gasteiger partial charge in [0.25, 0.3) is 0 Å². The number of aliphatic hydroxyl groups excluding tert-OH is 4. The summed E-state index contributed by atoms with van der Waals surface area (Å²) in [5.74, 6) is 0. The van der Waals surface area contributed by atoms with Crippen LogP contribution in [-0.2, 0) is 14.6 Å². The standard InChI is InChI=1S/C8H16O7S2/c1-17(13,14)3-16-8-7(12)6(11)5(10)4(2-9)15-8/h4-12H,2-3H2,1H3. The molecular formula is C8H16O7S2. The maximum atomic E-state index is 11.0. The molecule has 4 N–H and O–H groups in total. The van der Waals surface area contributed by atoms with E-state index in [1.54, 1.807) is 0 Å². The van der Waals surface area contributed by atoms with E-state index >= 15 is 0 Å². The van der Waals surface area contributed by atoms with Crippen molar-refractivity contribution in [1.82, 2.24) is 0 Å². The van der Waals surface area contributed by atoms with Gasteiger partial charge in [-0.1, -0.05) is 0 Å². The van der Waals surface area contributed by atoms with E-state index in [-0.39, 0.29) is 5.08 Å². The Hall–Kier alpha value is 0.1000. The quantitative estimate of drug-likeness (QED) is 0.448. The second-order valence-electron chi connectivity index (χ2n) is 3.91. The monoisotopic (exact) mass is 288 g/mol. The third-order valence-corrected chi connectivity index (χ3v) is 5.27. The summed E-state index contributed by atoms with van der Waals surface area (Å²) in [5, 5.41) is 37.1. The highest BCUT2D eigenvalue weighted by atomic mass is 32.3. The Morgan fingerprint density at radius 2 is 1.76 bits per heavy atom. The third kappa shape index (κ3) is 4.05. The van der Waals surface area contributed by atoms with Crippen LogP contribution < -0.4 is 0 Å². The first-order valence-corrected chi connectivity index (χ1v) is 7.97. The first-order valence-electron chi connectivity index (χ1n) is 4.86. The molecule has 1 rings (SSSR count). The highest BCUT2D eigenvalue weighted by Crippen LogP contribution is 2.28. The van der Waals surface area contributed by atoms with E-state index in [2.05, 4.69) is 0 Å². The summed E-state index contributed by atoms with van der Waals surface area (Å²) in [6.45, 7) is -0.527. The molecule has 0 aromatic heterocycles. The zero-order valence-electron chi connectivity index (χ0n) is 9.13. The van der Waals surface area contributed by atoms with Crippen LogP contribution in [0.5, 0.6) is 0 Å². The number of thioether (sulfide) groups is 1. The lowest BCUT2D eigenvalue weighted by Gasteiger charge is -2.39. The summed E-state index contributed by atoms with van der Waals surface area (Å²) in [7, 11) is -3.24. The molecule has 0 radical (unpaired) electrons. The normalized spacial score (nSPS) is 39.2. The predicted molar refractivity (Wildman–Crippen MR) is 61.1 cm³/mol. The van der Waals surface area contributed by atoms with Gasteiger partial charge in [-0.3, -0.25) is 0 Å². The first kappa shape index (κ1) is 15.2. The van der Waals surface area contributed by atoms with Crippen molar-refractivity contribution < 1.29 is 33.6 Å². The van der Waals surface area contributed by atoms with E-state index in [4.69, 9.17) is 9.84 Å². The Morgan fingerprint density at radius 1 is 1.18 bits per heavy atom. The smallest absolute Gasteiger partial charge is 0.156 e. The molecule has 0 aromatic carbocycles. The van der Waals surface area contributed by atoms with E-state index < -0.39 is 46.3 Å². The van der Waals surface area contributed by atoms with Crippen molar-refractivity contribution in [2.45, 2.75) is 29.9 Å². The van der Waals surface area contributed by atoms with Gasteiger partial charge in [-0.2, -0.15) is 0 Å². The molecule has 1 aliphatic heterocycles. The molecule has 5 atom stereocenters. The van der Waals surface area contributed by atoms with Gasteiger partial charge in [0.1, 0.15) is 29.9 Å². The van der Waals surface area contributed by atoms with Crippen LogP contribution in [-0.4, -0.2) is 76.6 Å². The molecule has 0 bridgehead atoms. The SMILES string of the molecule is CS(=O)(=O)CSC1OC(CO)C(O)C(O)C1O. The highest BCUT2D eigenvalue weighted by molar-refractivity contribution is 8.12. The molecule has 5 unspecified atom stereocenters. The lowest BCUT2D eigenvalue weighted by Crippen LogP contribution is -2.57. The molecular weight excluding hydrogens is 272 g/mol. The third-order valence-electron chi connectivity index (χ3n) is 2.29. The molecule has 1 heterocycles. The minimum atomic E-state index is -3.24. The summed E-state index contributed by atoms with van der Waals surface area (Å²) in [5.41, 5.74) is -1.000. The molecule has 1 saturated heterocycles. The molecule has 102 valence electrons. The van der Waals surface area contributed by atoms with Gasteiger partial charge in [-0.05, 0) is 0 Å². The van der Waals surface area contributed by atoms with E-state index in [1.165, 1.54) is 0 Å². The zero-order valence-corrected chi connectivity index (χ0v) is 10.8. The minimum absolute atomic E-state index is 0.282. The van der Waals surface area contributed by atoms with Gasteiger partial charge in [-0.15, -0.1) is 11.8 Å². The molecule has 1 aliphatic rings. The van der Waals surface area contributed by atoms with Crippen LogP contribution in [0.25, 0.3) is 0 Å². The second kappa shape index (κ2) is 5.83. The maximum Gasteiger partial charge on any atom is 0.156 e. The van der Waals surface area contributed by atoms with Gasteiger partial charge >= 0.3 is 0 Å². The summed E-state index contributed by atoms with van der Waals surface area (Å²) >= 11 is 0.795. The molecule has 9 heteroatoms. The van der Waals surface area contributed by atoms with Crippen molar-refractivity contribution in [3.05, 3.63) is 0 Å². The van der Waals surface area contributed by atoms with E-state index in [0.717, 1.165) is 18.0 Å². The van der Waals surface area contributed by atoms with Crippen LogP contribution >= 0.6 is 11.8 Å². The topological polar surface area (TPSA) is 124 Å². The number of hydrogen-bond acceptors (Lipinski definition) is 8. The number of rotatable bonds is 4. The molecule has 0 aliphatic carbocycles. The van der Waals surface area contributed by atoms with Crippen molar-refractivity contribution in [2.75, 3.05) is 17.9 Å². The number of aliphatic hydroxyl groups is 4. The van der Waals surface area contributed by atoms with Gasteiger partial charge in [-0.25, -0.2) is 8.42 Å². The molecule has 17 heavy (non-hydrogen) atoms. The summed E-state index contributed by atoms with van der Waals surface area (Å²) in [6.07, 6.45) is -4.28. The predicted octanol–water partition coefficient (Wildman–Crippen LogP) is -2.48. The molecule has 0 aromatic rings. The molecule has 1 fully saturated rings. The van der Waals surface area contributed by atoms with Crippen molar-refractivity contribution in [2.24, 2.45) is 0 Å². The lowest BCUT2D eigenvalue weighted by atomic mass is 10.0. The fraction of sp³-hybridized carbons (Fsp3) is 1.00. The average molecular weight is 288 g/mol. The summed E-state index contributed by atoms with van der Waals surface area (Å²) in [6, 6.07) is 0.